The van der Waals surface area contributed by atoms with E-state index in [4.69, 9.17) is 0 Å². The highest BCUT2D eigenvalue weighted by Crippen LogP contribution is 2.19. The predicted molar refractivity (Wildman–Crippen MR) is 96.5 cm³/mol. The Hall–Kier alpha value is -2.06. The van der Waals surface area contributed by atoms with E-state index in [1.807, 2.05) is 12.1 Å². The second-order valence-corrected chi connectivity index (χ2v) is 6.13. The highest BCUT2D eigenvalue weighted by molar-refractivity contribution is 7.84. The van der Waals surface area contributed by atoms with Crippen LogP contribution in [-0.2, 0) is 6.54 Å². The van der Waals surface area contributed by atoms with Gasteiger partial charge in [0.25, 0.3) is 5.56 Å². The Morgan fingerprint density at radius 3 is 2.65 bits per heavy atom. The van der Waals surface area contributed by atoms with E-state index in [-0.39, 0.29) is 23.0 Å². The fourth-order valence-electron chi connectivity index (χ4n) is 2.27. The van der Waals surface area contributed by atoms with Crippen LogP contribution >= 0.6 is 25.3 Å². The van der Waals surface area contributed by atoms with Gasteiger partial charge < -0.3 is 0 Å². The van der Waals surface area contributed by atoms with Crippen LogP contribution in [0.4, 0.5) is 0 Å². The molecule has 3 aromatic rings. The van der Waals surface area contributed by atoms with Gasteiger partial charge in [-0.3, -0.25) is 19.3 Å². The second-order valence-electron chi connectivity index (χ2n) is 5.04. The first kappa shape index (κ1) is 15.8. The van der Waals surface area contributed by atoms with Gasteiger partial charge in [0.15, 0.2) is 0 Å². The minimum Gasteiger partial charge on any atom is -0.291 e. The molecular weight excluding hydrogens is 332 g/mol. The molecule has 0 saturated heterocycles. The van der Waals surface area contributed by atoms with Crippen LogP contribution < -0.4 is 11.2 Å². The number of aromatic amines is 1. The quantitative estimate of drug-likeness (QED) is 0.624. The third kappa shape index (κ3) is 3.18. The van der Waals surface area contributed by atoms with E-state index in [0.717, 1.165) is 15.7 Å². The normalized spacial score (nSPS) is 12.4. The molecule has 0 aliphatic carbocycles. The maximum absolute atomic E-state index is 12.6. The van der Waals surface area contributed by atoms with Crippen molar-refractivity contribution in [3.63, 3.8) is 0 Å². The van der Waals surface area contributed by atoms with Crippen LogP contribution in [0.2, 0.25) is 0 Å². The molecule has 23 heavy (non-hydrogen) atoms. The molecule has 1 unspecified atom stereocenters. The SMILES string of the molecule is O=c1[nH]c2ncc(-c3ccncc3)cc2c(=O)n1CC(S)CS. The molecule has 0 aliphatic heterocycles. The van der Waals surface area contributed by atoms with Crippen LogP contribution in [0.3, 0.4) is 0 Å². The van der Waals surface area contributed by atoms with Crippen molar-refractivity contribution >= 4 is 36.3 Å². The molecule has 3 aromatic heterocycles. The lowest BCUT2D eigenvalue weighted by Crippen LogP contribution is -2.38. The number of hydrogen-bond acceptors (Lipinski definition) is 6. The summed E-state index contributed by atoms with van der Waals surface area (Å²) >= 11 is 8.43. The van der Waals surface area contributed by atoms with Crippen LogP contribution in [-0.4, -0.2) is 30.5 Å². The van der Waals surface area contributed by atoms with Gasteiger partial charge in [-0.25, -0.2) is 9.78 Å². The van der Waals surface area contributed by atoms with Gasteiger partial charge in [-0.05, 0) is 23.8 Å². The van der Waals surface area contributed by atoms with Crippen LogP contribution in [0.5, 0.6) is 0 Å². The summed E-state index contributed by atoms with van der Waals surface area (Å²) in [6, 6.07) is 5.39. The van der Waals surface area contributed by atoms with Crippen molar-refractivity contribution in [2.75, 3.05) is 5.75 Å². The Labute approximate surface area is 142 Å². The van der Waals surface area contributed by atoms with Gasteiger partial charge in [0, 0.05) is 41.7 Å². The number of pyridine rings is 2. The maximum Gasteiger partial charge on any atom is 0.330 e. The van der Waals surface area contributed by atoms with Gasteiger partial charge in [-0.2, -0.15) is 25.3 Å². The smallest absolute Gasteiger partial charge is 0.291 e. The van der Waals surface area contributed by atoms with E-state index in [1.54, 1.807) is 24.7 Å². The molecule has 8 heteroatoms. The summed E-state index contributed by atoms with van der Waals surface area (Å²) in [5, 5.41) is 0.171. The minimum atomic E-state index is -0.493. The van der Waals surface area contributed by atoms with Gasteiger partial charge in [0.1, 0.15) is 5.65 Å². The van der Waals surface area contributed by atoms with Crippen LogP contribution in [0.15, 0.2) is 46.4 Å². The van der Waals surface area contributed by atoms with Crippen molar-refractivity contribution in [3.8, 4) is 11.1 Å². The molecule has 0 saturated carbocycles. The molecule has 0 amide bonds. The Kier molecular flexibility index (Phi) is 4.53. The molecule has 3 heterocycles. The number of fused-ring (bicyclic) bond motifs is 1. The van der Waals surface area contributed by atoms with Crippen LogP contribution in [0.1, 0.15) is 0 Å². The maximum atomic E-state index is 12.6. The largest absolute Gasteiger partial charge is 0.330 e. The second kappa shape index (κ2) is 6.59. The van der Waals surface area contributed by atoms with Crippen molar-refractivity contribution < 1.29 is 0 Å². The lowest BCUT2D eigenvalue weighted by molar-refractivity contribution is 0.638. The fraction of sp³-hybridized carbons (Fsp3) is 0.200. The molecule has 118 valence electrons. The molecule has 0 fully saturated rings. The number of nitrogens with one attached hydrogen (secondary N) is 1. The summed E-state index contributed by atoms with van der Waals surface area (Å²) in [6.07, 6.45) is 4.96. The fourth-order valence-corrected chi connectivity index (χ4v) is 2.55. The average Bonchev–Trinajstić information content (AvgIpc) is 2.59. The van der Waals surface area contributed by atoms with E-state index in [2.05, 4.69) is 40.2 Å². The lowest BCUT2D eigenvalue weighted by atomic mass is 10.1. The topological polar surface area (TPSA) is 80.6 Å². The third-order valence-electron chi connectivity index (χ3n) is 3.45. The highest BCUT2D eigenvalue weighted by Gasteiger charge is 2.12. The summed E-state index contributed by atoms with van der Waals surface area (Å²) in [4.78, 5) is 35.5. The summed E-state index contributed by atoms with van der Waals surface area (Å²) in [6.45, 7) is 0.191. The van der Waals surface area contributed by atoms with Crippen molar-refractivity contribution in [1.82, 2.24) is 19.5 Å². The lowest BCUT2D eigenvalue weighted by Gasteiger charge is -2.10. The zero-order valence-electron chi connectivity index (χ0n) is 12.0. The van der Waals surface area contributed by atoms with E-state index in [0.29, 0.717) is 11.1 Å². The molecule has 0 aromatic carbocycles. The highest BCUT2D eigenvalue weighted by atomic mass is 32.1. The summed E-state index contributed by atoms with van der Waals surface area (Å²) in [7, 11) is 0. The summed E-state index contributed by atoms with van der Waals surface area (Å²) in [5.74, 6) is 0.461. The molecule has 1 atom stereocenters. The number of thiol groups is 2. The first-order valence-electron chi connectivity index (χ1n) is 6.92. The van der Waals surface area contributed by atoms with Gasteiger partial charge in [0.2, 0.25) is 0 Å². The van der Waals surface area contributed by atoms with Crippen LogP contribution in [0, 0.1) is 0 Å². The number of H-pyrrole nitrogens is 1. The van der Waals surface area contributed by atoms with Gasteiger partial charge in [-0.15, -0.1) is 0 Å². The minimum absolute atomic E-state index is 0.189. The molecule has 3 rings (SSSR count). The predicted octanol–water partition coefficient (Wildman–Crippen LogP) is 1.37. The summed E-state index contributed by atoms with van der Waals surface area (Å²) < 4.78 is 1.13. The number of aromatic nitrogens is 4. The zero-order chi connectivity index (χ0) is 16.4. The summed E-state index contributed by atoms with van der Waals surface area (Å²) in [5.41, 5.74) is 1.08. The molecule has 0 aliphatic rings. The van der Waals surface area contributed by atoms with E-state index in [1.165, 1.54) is 0 Å². The average molecular weight is 346 g/mol. The third-order valence-corrected chi connectivity index (χ3v) is 4.53. The van der Waals surface area contributed by atoms with Crippen molar-refractivity contribution in [2.24, 2.45) is 0 Å². The van der Waals surface area contributed by atoms with Crippen LogP contribution in [0.25, 0.3) is 22.2 Å². The Morgan fingerprint density at radius 1 is 1.22 bits per heavy atom. The molecule has 0 bridgehead atoms. The van der Waals surface area contributed by atoms with Gasteiger partial charge in [0.05, 0.1) is 5.39 Å². The van der Waals surface area contributed by atoms with E-state index in [9.17, 15) is 9.59 Å². The molecular formula is C15H14N4O2S2. The van der Waals surface area contributed by atoms with Crippen molar-refractivity contribution in [3.05, 3.63) is 57.6 Å². The molecule has 0 spiro atoms. The zero-order valence-corrected chi connectivity index (χ0v) is 13.8. The Balaban J connectivity index is 2.18. The first-order valence-corrected chi connectivity index (χ1v) is 8.07. The number of rotatable bonds is 4. The number of nitrogens with zero attached hydrogens (tertiary/aromatic N) is 3. The van der Waals surface area contributed by atoms with Gasteiger partial charge >= 0.3 is 5.69 Å². The first-order chi connectivity index (χ1) is 11.1. The molecule has 0 radical (unpaired) electrons. The number of hydrogen-bond donors (Lipinski definition) is 3. The molecule has 6 nitrogen and oxygen atoms in total. The van der Waals surface area contributed by atoms with E-state index >= 15 is 0 Å². The van der Waals surface area contributed by atoms with E-state index < -0.39 is 5.69 Å². The van der Waals surface area contributed by atoms with Gasteiger partial charge in [-0.1, -0.05) is 0 Å². The van der Waals surface area contributed by atoms with Crippen molar-refractivity contribution in [1.29, 1.82) is 0 Å². The van der Waals surface area contributed by atoms with Crippen molar-refractivity contribution in [2.45, 2.75) is 11.8 Å². The molecule has 1 N–H and O–H groups in total. The monoisotopic (exact) mass is 346 g/mol. The standard InChI is InChI=1S/C15H14N4O2S2/c20-14-12-5-10(9-1-3-16-4-2-9)6-17-13(12)18-15(21)19(14)7-11(23)8-22/h1-6,11,22-23H,7-8H2,(H,17,18,21). The Morgan fingerprint density at radius 2 is 1.96 bits per heavy atom. The Bertz CT molecular complexity index is 953.